The molecule has 0 unspecified atom stereocenters. The smallest absolute Gasteiger partial charge is 0.212 e. The lowest BCUT2D eigenvalue weighted by atomic mass is 9.33. The molecule has 0 saturated heterocycles. The van der Waals surface area contributed by atoms with Crippen LogP contribution in [0.2, 0.25) is 0 Å². The van der Waals surface area contributed by atoms with Crippen LogP contribution in [0.3, 0.4) is 0 Å². The fourth-order valence-corrected chi connectivity index (χ4v) is 12.1. The summed E-state index contributed by atoms with van der Waals surface area (Å²) in [6, 6.07) is 2.13. The number of Topliss-reactive ketones (excluding diaryl/α,β-unsaturated/α-hetero) is 1. The molecule has 3 saturated carbocycles. The number of nitrogens with one attached hydrogen (secondary N) is 1. The van der Waals surface area contributed by atoms with E-state index in [1.165, 1.54) is 0 Å². The molecule has 8 heteroatoms. The molecule has 0 spiro atoms. The second-order valence-electron chi connectivity index (χ2n) is 15.8. The van der Waals surface area contributed by atoms with E-state index in [2.05, 4.69) is 38.5 Å². The molecule has 0 radical (unpaired) electrons. The Morgan fingerprint density at radius 3 is 2.24 bits per heavy atom. The average molecular weight is 585 g/mol. The third-order valence-corrected chi connectivity index (χ3v) is 14.9. The molecule has 5 aliphatic rings. The molecule has 3 fully saturated rings. The highest BCUT2D eigenvalue weighted by atomic mass is 32.2. The van der Waals surface area contributed by atoms with Crippen molar-refractivity contribution in [3.8, 4) is 6.07 Å². The van der Waals surface area contributed by atoms with Gasteiger partial charge in [0.1, 0.15) is 11.7 Å². The van der Waals surface area contributed by atoms with E-state index in [1.54, 1.807) is 6.08 Å². The van der Waals surface area contributed by atoms with Crippen molar-refractivity contribution >= 4 is 21.6 Å². The number of ketones is 2. The van der Waals surface area contributed by atoms with Crippen LogP contribution < -0.4 is 4.72 Å². The van der Waals surface area contributed by atoms with Crippen molar-refractivity contribution in [3.63, 3.8) is 0 Å². The molecule has 0 aromatic heterocycles. The molecule has 226 valence electrons. The van der Waals surface area contributed by atoms with Crippen LogP contribution in [0.25, 0.3) is 0 Å². The van der Waals surface area contributed by atoms with Gasteiger partial charge in [0.25, 0.3) is 0 Å². The Labute approximate surface area is 246 Å². The molecule has 41 heavy (non-hydrogen) atoms. The lowest BCUT2D eigenvalue weighted by Gasteiger charge is -2.71. The van der Waals surface area contributed by atoms with Gasteiger partial charge in [-0.1, -0.05) is 54.5 Å². The van der Waals surface area contributed by atoms with Crippen LogP contribution in [-0.2, 0) is 19.6 Å². The minimum Gasteiger partial charge on any atom is -0.381 e. The summed E-state index contributed by atoms with van der Waals surface area (Å²) in [5.41, 5.74) is -4.41. The molecule has 0 aliphatic heterocycles. The van der Waals surface area contributed by atoms with E-state index in [0.29, 0.717) is 25.7 Å². The largest absolute Gasteiger partial charge is 0.381 e. The zero-order valence-corrected chi connectivity index (χ0v) is 26.9. The van der Waals surface area contributed by atoms with Crippen molar-refractivity contribution in [2.75, 3.05) is 5.75 Å². The number of rotatable bonds is 4. The molecule has 2 N–H and O–H groups in total. The standard InChI is InChI=1S/C33H48N2O5S/c1-9-16-41(39,40)35-29(5)14-12-28(4)13-15-32(8)31(7)11-10-22-27(2,3)26(37)21(20-34)18-30(22,6)23(31)17-25(36)33(32,38)24(28)19-29/h17-18,22,24,35,38H,9-16,19H2,1-8H3/t22-,24+,28-,29-,30-,31+,32-,33+/m0/s1. The van der Waals surface area contributed by atoms with E-state index in [9.17, 15) is 28.4 Å². The van der Waals surface area contributed by atoms with E-state index in [1.807, 2.05) is 33.8 Å². The minimum absolute atomic E-state index is 0.0480. The van der Waals surface area contributed by atoms with Gasteiger partial charge in [0.2, 0.25) is 10.0 Å². The Kier molecular flexibility index (Phi) is 6.62. The van der Waals surface area contributed by atoms with Gasteiger partial charge < -0.3 is 5.11 Å². The monoisotopic (exact) mass is 584 g/mol. The Morgan fingerprint density at radius 1 is 1.00 bits per heavy atom. The zero-order valence-electron chi connectivity index (χ0n) is 26.1. The van der Waals surface area contributed by atoms with Crippen molar-refractivity contribution in [1.82, 2.24) is 4.72 Å². The van der Waals surface area contributed by atoms with Gasteiger partial charge in [0.05, 0.1) is 11.3 Å². The summed E-state index contributed by atoms with van der Waals surface area (Å²) in [6.07, 6.45) is 8.76. The zero-order chi connectivity index (χ0) is 30.7. The molecule has 8 atom stereocenters. The van der Waals surface area contributed by atoms with E-state index in [0.717, 1.165) is 31.3 Å². The summed E-state index contributed by atoms with van der Waals surface area (Å²) in [7, 11) is -3.49. The van der Waals surface area contributed by atoms with Gasteiger partial charge in [-0.05, 0) is 86.7 Å². The van der Waals surface area contributed by atoms with Gasteiger partial charge in [-0.25, -0.2) is 13.1 Å². The van der Waals surface area contributed by atoms with E-state index in [-0.39, 0.29) is 34.2 Å². The van der Waals surface area contributed by atoms with E-state index < -0.39 is 48.7 Å². The molecule has 0 bridgehead atoms. The molecule has 0 aromatic carbocycles. The van der Waals surface area contributed by atoms with Gasteiger partial charge in [0.15, 0.2) is 11.6 Å². The average Bonchev–Trinajstić information content (AvgIpc) is 2.86. The Hall–Kier alpha value is -1.82. The first-order chi connectivity index (χ1) is 18.7. The number of aliphatic hydroxyl groups is 1. The maximum atomic E-state index is 14.5. The van der Waals surface area contributed by atoms with Crippen LogP contribution in [0, 0.1) is 50.2 Å². The number of fused-ring (bicyclic) bond motifs is 7. The number of carbonyl (C=O) groups excluding carboxylic acids is 2. The third kappa shape index (κ3) is 3.83. The van der Waals surface area contributed by atoms with Crippen LogP contribution >= 0.6 is 0 Å². The highest BCUT2D eigenvalue weighted by Crippen LogP contribution is 2.75. The highest BCUT2D eigenvalue weighted by Gasteiger charge is 2.75. The fraction of sp³-hybridized carbons (Fsp3) is 0.788. The number of allylic oxidation sites excluding steroid dienone is 3. The van der Waals surface area contributed by atoms with Gasteiger partial charge in [-0.3, -0.25) is 9.59 Å². The maximum Gasteiger partial charge on any atom is 0.212 e. The summed E-state index contributed by atoms with van der Waals surface area (Å²) in [6.45, 7) is 16.1. The summed E-state index contributed by atoms with van der Waals surface area (Å²) >= 11 is 0. The van der Waals surface area contributed by atoms with Crippen molar-refractivity contribution in [2.45, 2.75) is 118 Å². The number of sulfonamides is 1. The summed E-state index contributed by atoms with van der Waals surface area (Å²) < 4.78 is 28.7. The first kappa shape index (κ1) is 30.6. The van der Waals surface area contributed by atoms with E-state index in [4.69, 9.17) is 0 Å². The normalized spacial score (nSPS) is 47.1. The lowest BCUT2D eigenvalue weighted by Crippen LogP contribution is -2.74. The van der Waals surface area contributed by atoms with Gasteiger partial charge >= 0.3 is 0 Å². The number of carbonyl (C=O) groups is 2. The van der Waals surface area contributed by atoms with Gasteiger partial charge in [-0.2, -0.15) is 5.26 Å². The Balaban J connectivity index is 1.66. The van der Waals surface area contributed by atoms with Crippen LogP contribution in [0.1, 0.15) is 107 Å². The van der Waals surface area contributed by atoms with Crippen LogP contribution in [0.15, 0.2) is 23.3 Å². The molecule has 0 aromatic rings. The van der Waals surface area contributed by atoms with Crippen LogP contribution in [-0.4, -0.2) is 42.0 Å². The molecular weight excluding hydrogens is 536 g/mol. The second kappa shape index (κ2) is 8.86. The predicted octanol–water partition coefficient (Wildman–Crippen LogP) is 5.40. The van der Waals surface area contributed by atoms with Gasteiger partial charge in [-0.15, -0.1) is 0 Å². The Bertz CT molecular complexity index is 1420. The number of nitrogens with zero attached hydrogens (tertiary/aromatic N) is 1. The maximum absolute atomic E-state index is 14.5. The van der Waals surface area contributed by atoms with E-state index >= 15 is 0 Å². The summed E-state index contributed by atoms with van der Waals surface area (Å²) in [5, 5.41) is 22.8. The summed E-state index contributed by atoms with van der Waals surface area (Å²) in [5.74, 6) is -0.892. The van der Waals surface area contributed by atoms with Crippen LogP contribution in [0.4, 0.5) is 0 Å². The predicted molar refractivity (Wildman–Crippen MR) is 158 cm³/mol. The fourth-order valence-electron chi connectivity index (χ4n) is 10.5. The van der Waals surface area contributed by atoms with Crippen molar-refractivity contribution in [1.29, 1.82) is 5.26 Å². The highest BCUT2D eigenvalue weighted by molar-refractivity contribution is 7.89. The van der Waals surface area contributed by atoms with Crippen molar-refractivity contribution in [2.24, 2.45) is 38.9 Å². The van der Waals surface area contributed by atoms with Crippen LogP contribution in [0.5, 0.6) is 0 Å². The SMILES string of the molecule is CCCS(=O)(=O)N[C@@]1(C)CC[C@@]2(C)CC[C@@]3(C)[C@]4(C)CC[C@H]5C(C)(C)C(=O)C(C#N)=C[C@]5(C)C4=CC(=O)[C@]3(O)[C@@H]2C1. The molecule has 7 nitrogen and oxygen atoms in total. The molecule has 0 heterocycles. The molecule has 5 aliphatic carbocycles. The molecular formula is C33H48N2O5S. The molecule has 5 rings (SSSR count). The first-order valence-electron chi connectivity index (χ1n) is 15.4. The van der Waals surface area contributed by atoms with Crippen molar-refractivity contribution in [3.05, 3.63) is 23.3 Å². The van der Waals surface area contributed by atoms with Gasteiger partial charge in [0, 0.05) is 27.7 Å². The second-order valence-corrected chi connectivity index (χ2v) is 17.7. The Morgan fingerprint density at radius 2 is 1.63 bits per heavy atom. The molecule has 0 amide bonds. The minimum atomic E-state index is -3.49. The quantitative estimate of drug-likeness (QED) is 0.456. The number of nitriles is 1. The lowest BCUT2D eigenvalue weighted by molar-refractivity contribution is -0.239. The topological polar surface area (TPSA) is 124 Å². The third-order valence-electron chi connectivity index (χ3n) is 13.1. The summed E-state index contributed by atoms with van der Waals surface area (Å²) in [4.78, 5) is 27.8. The number of hydrogen-bond donors (Lipinski definition) is 2. The first-order valence-corrected chi connectivity index (χ1v) is 17.0. The van der Waals surface area contributed by atoms with Crippen molar-refractivity contribution < 1.29 is 23.1 Å². The number of hydrogen-bond acceptors (Lipinski definition) is 6.